The molecule has 0 saturated carbocycles. The fourth-order valence-corrected chi connectivity index (χ4v) is 1.04. The van der Waals surface area contributed by atoms with E-state index in [1.165, 1.54) is 0 Å². The number of carbonyl (C=O) groups excluding carboxylic acids is 1. The molecule has 0 aliphatic rings. The lowest BCUT2D eigenvalue weighted by atomic mass is 10.1. The first-order valence-corrected chi connectivity index (χ1v) is 3.79. The van der Waals surface area contributed by atoms with Gasteiger partial charge in [0.1, 0.15) is 5.69 Å². The SMILES string of the molecule is Cc1cnc(C=O)cc1CCO. The van der Waals surface area contributed by atoms with Gasteiger partial charge in [-0.1, -0.05) is 0 Å². The van der Waals surface area contributed by atoms with Gasteiger partial charge in [0.05, 0.1) is 0 Å². The first-order valence-electron chi connectivity index (χ1n) is 3.79. The van der Waals surface area contributed by atoms with E-state index in [1.807, 2.05) is 6.92 Å². The first-order chi connectivity index (χ1) is 5.77. The summed E-state index contributed by atoms with van der Waals surface area (Å²) < 4.78 is 0. The molecule has 0 radical (unpaired) electrons. The van der Waals surface area contributed by atoms with Gasteiger partial charge in [-0.2, -0.15) is 0 Å². The zero-order valence-corrected chi connectivity index (χ0v) is 6.95. The summed E-state index contributed by atoms with van der Waals surface area (Å²) in [7, 11) is 0. The van der Waals surface area contributed by atoms with E-state index >= 15 is 0 Å². The standard InChI is InChI=1S/C9H11NO2/c1-7-5-10-9(6-12)4-8(7)2-3-11/h4-6,11H,2-3H2,1H3. The Morgan fingerprint density at radius 3 is 3.00 bits per heavy atom. The molecule has 0 aliphatic heterocycles. The maximum absolute atomic E-state index is 10.3. The minimum atomic E-state index is 0.100. The van der Waals surface area contributed by atoms with Crippen LogP contribution in [0.3, 0.4) is 0 Å². The predicted octanol–water partition coefficient (Wildman–Crippen LogP) is 0.737. The summed E-state index contributed by atoms with van der Waals surface area (Å²) in [6.07, 6.45) is 2.93. The molecular formula is C9H11NO2. The zero-order chi connectivity index (χ0) is 8.97. The van der Waals surface area contributed by atoms with Gasteiger partial charge in [0.25, 0.3) is 0 Å². The topological polar surface area (TPSA) is 50.2 Å². The van der Waals surface area contributed by atoms with E-state index in [-0.39, 0.29) is 6.61 Å². The van der Waals surface area contributed by atoms with Crippen molar-refractivity contribution >= 4 is 6.29 Å². The summed E-state index contributed by atoms with van der Waals surface area (Å²) in [5, 5.41) is 8.70. The summed E-state index contributed by atoms with van der Waals surface area (Å²) in [5.74, 6) is 0. The highest BCUT2D eigenvalue weighted by Gasteiger charge is 1.99. The van der Waals surface area contributed by atoms with E-state index in [9.17, 15) is 4.79 Å². The minimum absolute atomic E-state index is 0.100. The lowest BCUT2D eigenvalue weighted by molar-refractivity contribution is 0.111. The number of aryl methyl sites for hydroxylation is 1. The predicted molar refractivity (Wildman–Crippen MR) is 45.2 cm³/mol. The molecule has 0 atom stereocenters. The Bertz CT molecular complexity index is 284. The van der Waals surface area contributed by atoms with Gasteiger partial charge in [-0.05, 0) is 30.5 Å². The van der Waals surface area contributed by atoms with Gasteiger partial charge in [0.2, 0.25) is 0 Å². The highest BCUT2D eigenvalue weighted by molar-refractivity contribution is 5.72. The van der Waals surface area contributed by atoms with Gasteiger partial charge in [-0.25, -0.2) is 0 Å². The van der Waals surface area contributed by atoms with Gasteiger partial charge >= 0.3 is 0 Å². The third-order valence-corrected chi connectivity index (χ3v) is 1.74. The summed E-state index contributed by atoms with van der Waals surface area (Å²) in [5.41, 5.74) is 2.41. The van der Waals surface area contributed by atoms with Gasteiger partial charge in [-0.15, -0.1) is 0 Å². The van der Waals surface area contributed by atoms with Crippen LogP contribution in [0, 0.1) is 6.92 Å². The minimum Gasteiger partial charge on any atom is -0.396 e. The lowest BCUT2D eigenvalue weighted by Gasteiger charge is -2.02. The van der Waals surface area contributed by atoms with Gasteiger partial charge in [0, 0.05) is 12.8 Å². The number of aldehydes is 1. The van der Waals surface area contributed by atoms with E-state index in [0.717, 1.165) is 11.1 Å². The van der Waals surface area contributed by atoms with Crippen molar-refractivity contribution in [2.75, 3.05) is 6.61 Å². The first kappa shape index (κ1) is 8.87. The fourth-order valence-electron chi connectivity index (χ4n) is 1.04. The van der Waals surface area contributed by atoms with Crippen LogP contribution in [-0.2, 0) is 6.42 Å². The number of aromatic nitrogens is 1. The highest BCUT2D eigenvalue weighted by Crippen LogP contribution is 2.07. The summed E-state index contributed by atoms with van der Waals surface area (Å²) in [6.45, 7) is 2.01. The molecule has 3 heteroatoms. The molecule has 64 valence electrons. The summed E-state index contributed by atoms with van der Waals surface area (Å²) >= 11 is 0. The second-order valence-electron chi connectivity index (χ2n) is 2.63. The molecule has 0 aromatic carbocycles. The van der Waals surface area contributed by atoms with Crippen molar-refractivity contribution in [2.24, 2.45) is 0 Å². The third kappa shape index (κ3) is 1.89. The van der Waals surface area contributed by atoms with Crippen LogP contribution >= 0.6 is 0 Å². The van der Waals surface area contributed by atoms with Crippen LogP contribution in [0.1, 0.15) is 21.6 Å². The van der Waals surface area contributed by atoms with Gasteiger partial charge in [-0.3, -0.25) is 9.78 Å². The van der Waals surface area contributed by atoms with Crippen molar-refractivity contribution < 1.29 is 9.90 Å². The number of carbonyl (C=O) groups is 1. The monoisotopic (exact) mass is 165 g/mol. The summed E-state index contributed by atoms with van der Waals surface area (Å²) in [4.78, 5) is 14.2. The van der Waals surface area contributed by atoms with Crippen molar-refractivity contribution in [3.8, 4) is 0 Å². The van der Waals surface area contributed by atoms with Crippen molar-refractivity contribution in [1.29, 1.82) is 0 Å². The number of rotatable bonds is 3. The molecule has 1 N–H and O–H groups in total. The average molecular weight is 165 g/mol. The number of hydrogen-bond donors (Lipinski definition) is 1. The normalized spacial score (nSPS) is 9.83. The maximum Gasteiger partial charge on any atom is 0.168 e. The Morgan fingerprint density at radius 2 is 2.42 bits per heavy atom. The van der Waals surface area contributed by atoms with Crippen molar-refractivity contribution in [3.63, 3.8) is 0 Å². The lowest BCUT2D eigenvalue weighted by Crippen LogP contribution is -1.97. The molecular weight excluding hydrogens is 154 g/mol. The van der Waals surface area contributed by atoms with Crippen LogP contribution < -0.4 is 0 Å². The number of aliphatic hydroxyl groups excluding tert-OH is 1. The molecule has 1 aromatic rings. The van der Waals surface area contributed by atoms with Crippen LogP contribution in [0.4, 0.5) is 0 Å². The molecule has 1 rings (SSSR count). The number of hydrogen-bond acceptors (Lipinski definition) is 3. The molecule has 1 heterocycles. The van der Waals surface area contributed by atoms with Crippen LogP contribution in [0.2, 0.25) is 0 Å². The molecule has 0 unspecified atom stereocenters. The fraction of sp³-hybridized carbons (Fsp3) is 0.333. The van der Waals surface area contributed by atoms with Crippen LogP contribution in [0.5, 0.6) is 0 Å². The number of aliphatic hydroxyl groups is 1. The van der Waals surface area contributed by atoms with Gasteiger partial charge in [0.15, 0.2) is 6.29 Å². The van der Waals surface area contributed by atoms with E-state index in [4.69, 9.17) is 5.11 Å². The Hall–Kier alpha value is -1.22. The van der Waals surface area contributed by atoms with Crippen molar-refractivity contribution in [3.05, 3.63) is 29.1 Å². The van der Waals surface area contributed by atoms with Crippen molar-refractivity contribution in [1.82, 2.24) is 4.98 Å². The van der Waals surface area contributed by atoms with E-state index in [2.05, 4.69) is 4.98 Å². The third-order valence-electron chi connectivity index (χ3n) is 1.74. The number of nitrogens with zero attached hydrogens (tertiary/aromatic N) is 1. The van der Waals surface area contributed by atoms with E-state index < -0.39 is 0 Å². The quantitative estimate of drug-likeness (QED) is 0.672. The Kier molecular flexibility index (Phi) is 2.94. The second kappa shape index (κ2) is 3.97. The average Bonchev–Trinajstić information content (AvgIpc) is 2.09. The number of pyridine rings is 1. The molecule has 0 saturated heterocycles. The van der Waals surface area contributed by atoms with Crippen LogP contribution in [0.25, 0.3) is 0 Å². The molecule has 12 heavy (non-hydrogen) atoms. The molecule has 1 aromatic heterocycles. The molecule has 0 aliphatic carbocycles. The Balaban J connectivity index is 2.99. The highest BCUT2D eigenvalue weighted by atomic mass is 16.2. The van der Waals surface area contributed by atoms with E-state index in [0.29, 0.717) is 18.4 Å². The largest absolute Gasteiger partial charge is 0.396 e. The molecule has 0 fully saturated rings. The zero-order valence-electron chi connectivity index (χ0n) is 6.95. The Morgan fingerprint density at radius 1 is 1.67 bits per heavy atom. The smallest absolute Gasteiger partial charge is 0.168 e. The molecule has 0 amide bonds. The van der Waals surface area contributed by atoms with Crippen LogP contribution in [0.15, 0.2) is 12.3 Å². The van der Waals surface area contributed by atoms with E-state index in [1.54, 1.807) is 12.3 Å². The van der Waals surface area contributed by atoms with Crippen LogP contribution in [-0.4, -0.2) is 23.0 Å². The molecule has 0 spiro atoms. The van der Waals surface area contributed by atoms with Gasteiger partial charge < -0.3 is 5.11 Å². The molecule has 3 nitrogen and oxygen atoms in total. The van der Waals surface area contributed by atoms with Crippen molar-refractivity contribution in [2.45, 2.75) is 13.3 Å². The second-order valence-corrected chi connectivity index (χ2v) is 2.63. The molecule has 0 bridgehead atoms. The summed E-state index contributed by atoms with van der Waals surface area (Å²) in [6, 6.07) is 1.71. The maximum atomic E-state index is 10.3. The Labute approximate surface area is 71.1 Å².